The number of alkyl halides is 3. The molecule has 1 amide bonds. The van der Waals surface area contributed by atoms with Gasteiger partial charge >= 0.3 is 6.18 Å². The van der Waals surface area contributed by atoms with E-state index in [1.54, 1.807) is 12.1 Å². The van der Waals surface area contributed by atoms with Crippen LogP contribution in [0.1, 0.15) is 19.4 Å². The van der Waals surface area contributed by atoms with Crippen LogP contribution in [0.15, 0.2) is 65.7 Å². The van der Waals surface area contributed by atoms with E-state index in [4.69, 9.17) is 0 Å². The van der Waals surface area contributed by atoms with Gasteiger partial charge in [-0.3, -0.25) is 14.2 Å². The number of aromatic nitrogens is 2. The fourth-order valence-electron chi connectivity index (χ4n) is 3.23. The minimum Gasteiger partial charge on any atom is -0.372 e. The molecule has 0 aliphatic heterocycles. The highest BCUT2D eigenvalue weighted by molar-refractivity contribution is 5.90. The highest BCUT2D eigenvalue weighted by Crippen LogP contribution is 2.30. The summed E-state index contributed by atoms with van der Waals surface area (Å²) in [7, 11) is 0. The summed E-state index contributed by atoms with van der Waals surface area (Å²) in [5, 5.41) is 2.73. The second-order valence-electron chi connectivity index (χ2n) is 7.08. The molecule has 0 radical (unpaired) electrons. The van der Waals surface area contributed by atoms with Crippen LogP contribution < -0.4 is 15.8 Å². The molecular formula is C23H23F3N4O2. The summed E-state index contributed by atoms with van der Waals surface area (Å²) in [6, 6.07) is 13.0. The van der Waals surface area contributed by atoms with Crippen LogP contribution in [0, 0.1) is 0 Å². The Labute approximate surface area is 183 Å². The number of halogens is 3. The first-order chi connectivity index (χ1) is 15.2. The molecule has 0 atom stereocenters. The summed E-state index contributed by atoms with van der Waals surface area (Å²) in [6.45, 7) is 5.64. The maximum atomic E-state index is 12.7. The van der Waals surface area contributed by atoms with Gasteiger partial charge in [0, 0.05) is 36.1 Å². The van der Waals surface area contributed by atoms with E-state index in [0.717, 1.165) is 35.5 Å². The number of amides is 1. The normalized spacial score (nSPS) is 11.3. The third-order valence-corrected chi connectivity index (χ3v) is 4.98. The fourth-order valence-corrected chi connectivity index (χ4v) is 3.23. The topological polar surface area (TPSA) is 67.2 Å². The molecule has 1 heterocycles. The van der Waals surface area contributed by atoms with E-state index in [0.29, 0.717) is 11.3 Å². The quantitative estimate of drug-likeness (QED) is 0.586. The van der Waals surface area contributed by atoms with Gasteiger partial charge in [-0.2, -0.15) is 13.2 Å². The van der Waals surface area contributed by atoms with Crippen molar-refractivity contribution in [2.24, 2.45) is 0 Å². The van der Waals surface area contributed by atoms with E-state index in [2.05, 4.69) is 29.0 Å². The molecule has 0 unspecified atom stereocenters. The second kappa shape index (κ2) is 9.67. The number of carbonyl (C=O) groups excluding carboxylic acids is 1. The van der Waals surface area contributed by atoms with E-state index in [-0.39, 0.29) is 12.2 Å². The van der Waals surface area contributed by atoms with Gasteiger partial charge in [0.1, 0.15) is 6.54 Å². The summed E-state index contributed by atoms with van der Waals surface area (Å²) in [5.74, 6) is -0.397. The Hall–Kier alpha value is -3.62. The molecule has 0 spiro atoms. The molecule has 168 valence electrons. The third-order valence-electron chi connectivity index (χ3n) is 4.98. The monoisotopic (exact) mass is 444 g/mol. The lowest BCUT2D eigenvalue weighted by Crippen LogP contribution is -2.27. The molecule has 0 fully saturated rings. The largest absolute Gasteiger partial charge is 0.416 e. The summed E-state index contributed by atoms with van der Waals surface area (Å²) in [6.07, 6.45) is -3.23. The molecule has 0 aliphatic carbocycles. The van der Waals surface area contributed by atoms with Gasteiger partial charge in [0.15, 0.2) is 0 Å². The van der Waals surface area contributed by atoms with Crippen LogP contribution in [0.5, 0.6) is 0 Å². The Balaban J connectivity index is 1.66. The number of nitrogens with one attached hydrogen (secondary N) is 1. The minimum atomic E-state index is -4.44. The molecule has 0 saturated heterocycles. The number of benzene rings is 2. The van der Waals surface area contributed by atoms with E-state index in [1.165, 1.54) is 24.5 Å². The first kappa shape index (κ1) is 23.1. The summed E-state index contributed by atoms with van der Waals surface area (Å²) in [5.41, 5.74) is 0.992. The lowest BCUT2D eigenvalue weighted by Gasteiger charge is -2.21. The van der Waals surface area contributed by atoms with Gasteiger partial charge in [-0.05, 0) is 50.2 Å². The van der Waals surface area contributed by atoms with Crippen LogP contribution in [0.25, 0.3) is 11.3 Å². The predicted octanol–water partition coefficient (Wildman–Crippen LogP) is 4.41. The first-order valence-corrected chi connectivity index (χ1v) is 10.1. The zero-order chi connectivity index (χ0) is 23.3. The Morgan fingerprint density at radius 3 is 2.19 bits per heavy atom. The Bertz CT molecular complexity index is 1120. The molecule has 1 aromatic heterocycles. The van der Waals surface area contributed by atoms with Crippen molar-refractivity contribution in [2.75, 3.05) is 23.3 Å². The lowest BCUT2D eigenvalue weighted by atomic mass is 10.1. The molecule has 32 heavy (non-hydrogen) atoms. The Kier molecular flexibility index (Phi) is 6.97. The molecule has 0 aliphatic rings. The number of anilines is 2. The molecule has 9 heteroatoms. The maximum Gasteiger partial charge on any atom is 0.416 e. The van der Waals surface area contributed by atoms with Gasteiger partial charge in [0.25, 0.3) is 5.56 Å². The van der Waals surface area contributed by atoms with Gasteiger partial charge in [-0.15, -0.1) is 0 Å². The minimum absolute atomic E-state index is 0.229. The van der Waals surface area contributed by atoms with Crippen molar-refractivity contribution >= 4 is 17.3 Å². The predicted molar refractivity (Wildman–Crippen MR) is 118 cm³/mol. The highest BCUT2D eigenvalue weighted by Gasteiger charge is 2.30. The number of nitrogens with zero attached hydrogens (tertiary/aromatic N) is 3. The summed E-state index contributed by atoms with van der Waals surface area (Å²) < 4.78 is 39.2. The third kappa shape index (κ3) is 5.54. The van der Waals surface area contributed by atoms with Crippen LogP contribution in [0.4, 0.5) is 24.5 Å². The molecule has 3 rings (SSSR count). The van der Waals surface area contributed by atoms with Crippen molar-refractivity contribution in [1.29, 1.82) is 0 Å². The molecule has 1 N–H and O–H groups in total. The molecule has 6 nitrogen and oxygen atoms in total. The molecule has 0 saturated carbocycles. The fraction of sp³-hybridized carbons (Fsp3) is 0.261. The van der Waals surface area contributed by atoms with Gasteiger partial charge < -0.3 is 10.2 Å². The zero-order valence-corrected chi connectivity index (χ0v) is 17.7. The lowest BCUT2D eigenvalue weighted by molar-refractivity contribution is -0.137. The van der Waals surface area contributed by atoms with Crippen molar-refractivity contribution in [3.8, 4) is 11.3 Å². The smallest absolute Gasteiger partial charge is 0.372 e. The first-order valence-electron chi connectivity index (χ1n) is 10.1. The van der Waals surface area contributed by atoms with Crippen LogP contribution in [-0.4, -0.2) is 28.5 Å². The number of hydrogen-bond acceptors (Lipinski definition) is 4. The maximum absolute atomic E-state index is 12.7. The average molecular weight is 444 g/mol. The highest BCUT2D eigenvalue weighted by atomic mass is 19.4. The van der Waals surface area contributed by atoms with Crippen molar-refractivity contribution in [2.45, 2.75) is 26.6 Å². The summed E-state index contributed by atoms with van der Waals surface area (Å²) >= 11 is 0. The van der Waals surface area contributed by atoms with E-state index < -0.39 is 23.2 Å². The molecular weight excluding hydrogens is 421 g/mol. The SMILES string of the molecule is CCN(CC)c1ccc(NC(=O)Cn2cnc(-c3ccc(C(F)(F)F)cc3)cc2=O)cc1. The molecule has 0 bridgehead atoms. The second-order valence-corrected chi connectivity index (χ2v) is 7.08. The number of carbonyl (C=O) groups is 1. The zero-order valence-electron chi connectivity index (χ0n) is 17.7. The average Bonchev–Trinajstić information content (AvgIpc) is 2.76. The van der Waals surface area contributed by atoms with Gasteiger partial charge in [0.2, 0.25) is 5.91 Å². The van der Waals surface area contributed by atoms with Crippen molar-refractivity contribution in [3.05, 3.63) is 76.8 Å². The van der Waals surface area contributed by atoms with Crippen molar-refractivity contribution < 1.29 is 18.0 Å². The van der Waals surface area contributed by atoms with E-state index in [9.17, 15) is 22.8 Å². The number of hydrogen-bond donors (Lipinski definition) is 1. The number of rotatable bonds is 7. The standard InChI is InChI=1S/C23H23F3N4O2/c1-3-29(4-2)19-11-9-18(10-12-19)28-21(31)14-30-15-27-20(13-22(30)32)16-5-7-17(8-6-16)23(24,25)26/h5-13,15H,3-4,14H2,1-2H3,(H,28,31). The Morgan fingerprint density at radius 2 is 1.66 bits per heavy atom. The van der Waals surface area contributed by atoms with Crippen molar-refractivity contribution in [3.63, 3.8) is 0 Å². The molecule has 2 aromatic carbocycles. The van der Waals surface area contributed by atoms with Crippen LogP contribution >= 0.6 is 0 Å². The molecule has 3 aromatic rings. The van der Waals surface area contributed by atoms with Crippen LogP contribution in [-0.2, 0) is 17.5 Å². The van der Waals surface area contributed by atoms with Gasteiger partial charge in [-0.25, -0.2) is 4.98 Å². The van der Waals surface area contributed by atoms with E-state index in [1.807, 2.05) is 12.1 Å². The van der Waals surface area contributed by atoms with Crippen LogP contribution in [0.3, 0.4) is 0 Å². The van der Waals surface area contributed by atoms with E-state index >= 15 is 0 Å². The Morgan fingerprint density at radius 1 is 1.03 bits per heavy atom. The van der Waals surface area contributed by atoms with Gasteiger partial charge in [0.05, 0.1) is 17.6 Å². The van der Waals surface area contributed by atoms with Crippen molar-refractivity contribution in [1.82, 2.24) is 9.55 Å². The van der Waals surface area contributed by atoms with Crippen LogP contribution in [0.2, 0.25) is 0 Å². The summed E-state index contributed by atoms with van der Waals surface area (Å²) in [4.78, 5) is 31.0. The van der Waals surface area contributed by atoms with Gasteiger partial charge in [-0.1, -0.05) is 12.1 Å².